The molecule has 3 rings (SSSR count). The number of nitrogens with one attached hydrogen (secondary N) is 2. The van der Waals surface area contributed by atoms with Gasteiger partial charge >= 0.3 is 0 Å². The molecule has 0 radical (unpaired) electrons. The first-order chi connectivity index (χ1) is 13.8. The van der Waals surface area contributed by atoms with Crippen molar-refractivity contribution in [2.75, 3.05) is 17.3 Å². The highest BCUT2D eigenvalue weighted by Crippen LogP contribution is 2.28. The van der Waals surface area contributed by atoms with Crippen molar-refractivity contribution in [3.8, 4) is 0 Å². The van der Waals surface area contributed by atoms with E-state index < -0.39 is 0 Å². The third-order valence-electron chi connectivity index (χ3n) is 5.48. The second kappa shape index (κ2) is 8.90. The van der Waals surface area contributed by atoms with Gasteiger partial charge < -0.3 is 15.5 Å². The van der Waals surface area contributed by atoms with Crippen LogP contribution in [0.25, 0.3) is 0 Å². The predicted molar refractivity (Wildman–Crippen MR) is 114 cm³/mol. The van der Waals surface area contributed by atoms with Crippen LogP contribution in [-0.2, 0) is 9.59 Å². The summed E-state index contributed by atoms with van der Waals surface area (Å²) in [6.07, 6.45) is 2.44. The van der Waals surface area contributed by atoms with Crippen LogP contribution in [0.2, 0.25) is 0 Å². The van der Waals surface area contributed by atoms with Crippen molar-refractivity contribution in [3.05, 3.63) is 59.7 Å². The minimum Gasteiger partial charge on any atom is -0.349 e. The number of amides is 3. The zero-order valence-electron chi connectivity index (χ0n) is 17.1. The van der Waals surface area contributed by atoms with Crippen molar-refractivity contribution in [1.29, 1.82) is 0 Å². The molecule has 1 saturated carbocycles. The van der Waals surface area contributed by atoms with Gasteiger partial charge in [-0.15, -0.1) is 0 Å². The molecule has 0 heterocycles. The number of carbonyl (C=O) groups excluding carboxylic acids is 3. The summed E-state index contributed by atoms with van der Waals surface area (Å²) in [4.78, 5) is 38.3. The second-order valence-electron chi connectivity index (χ2n) is 7.60. The normalized spacial score (nSPS) is 18.2. The summed E-state index contributed by atoms with van der Waals surface area (Å²) >= 11 is 0. The number of rotatable bonds is 5. The minimum absolute atomic E-state index is 0.0556. The Hall–Kier alpha value is -3.15. The lowest BCUT2D eigenvalue weighted by Gasteiger charge is -2.21. The van der Waals surface area contributed by atoms with E-state index in [-0.39, 0.29) is 29.7 Å². The smallest absolute Gasteiger partial charge is 0.251 e. The highest BCUT2D eigenvalue weighted by molar-refractivity contribution is 5.97. The van der Waals surface area contributed by atoms with Crippen LogP contribution in [-0.4, -0.2) is 30.8 Å². The highest BCUT2D eigenvalue weighted by Gasteiger charge is 2.34. The Bertz CT molecular complexity index is 891. The average Bonchev–Trinajstić information content (AvgIpc) is 3.16. The van der Waals surface area contributed by atoms with Gasteiger partial charge in [0, 0.05) is 37.0 Å². The van der Waals surface area contributed by atoms with Crippen molar-refractivity contribution in [1.82, 2.24) is 5.32 Å². The molecule has 0 aromatic heterocycles. The van der Waals surface area contributed by atoms with Gasteiger partial charge in [0.15, 0.2) is 0 Å². The lowest BCUT2D eigenvalue weighted by atomic mass is 10.0. The minimum atomic E-state index is -0.260. The maximum atomic E-state index is 12.8. The first-order valence-corrected chi connectivity index (χ1v) is 9.88. The molecule has 152 valence electrons. The number of aryl methyl sites for hydroxylation is 1. The van der Waals surface area contributed by atoms with Gasteiger partial charge in [-0.1, -0.05) is 24.1 Å². The Morgan fingerprint density at radius 3 is 2.24 bits per heavy atom. The van der Waals surface area contributed by atoms with E-state index in [0.717, 1.165) is 30.5 Å². The van der Waals surface area contributed by atoms with Crippen LogP contribution < -0.4 is 15.5 Å². The molecule has 0 bridgehead atoms. The SMILES string of the molecule is CC(=O)N(C)c1ccc(NC(=O)C2CCCC2NC(=O)c2ccc(C)cc2)cc1. The van der Waals surface area contributed by atoms with Gasteiger partial charge in [-0.25, -0.2) is 0 Å². The van der Waals surface area contributed by atoms with Gasteiger partial charge in [0.2, 0.25) is 11.8 Å². The topological polar surface area (TPSA) is 78.5 Å². The largest absolute Gasteiger partial charge is 0.349 e. The van der Waals surface area contributed by atoms with Crippen molar-refractivity contribution >= 4 is 29.1 Å². The van der Waals surface area contributed by atoms with E-state index in [1.807, 2.05) is 19.1 Å². The molecule has 0 aliphatic heterocycles. The van der Waals surface area contributed by atoms with E-state index in [1.165, 1.54) is 6.92 Å². The van der Waals surface area contributed by atoms with Gasteiger partial charge in [0.05, 0.1) is 5.92 Å². The number of nitrogens with zero attached hydrogens (tertiary/aromatic N) is 1. The van der Waals surface area contributed by atoms with Crippen LogP contribution in [0, 0.1) is 12.8 Å². The molecule has 2 aromatic rings. The number of benzene rings is 2. The molecule has 2 N–H and O–H groups in total. The van der Waals surface area contributed by atoms with Crippen LogP contribution in [0.3, 0.4) is 0 Å². The van der Waals surface area contributed by atoms with Crippen LogP contribution in [0.1, 0.15) is 42.1 Å². The second-order valence-corrected chi connectivity index (χ2v) is 7.60. The maximum absolute atomic E-state index is 12.8. The lowest BCUT2D eigenvalue weighted by molar-refractivity contribution is -0.120. The fourth-order valence-corrected chi connectivity index (χ4v) is 3.59. The van der Waals surface area contributed by atoms with E-state index in [9.17, 15) is 14.4 Å². The van der Waals surface area contributed by atoms with Gasteiger partial charge in [-0.2, -0.15) is 0 Å². The Morgan fingerprint density at radius 2 is 1.62 bits per heavy atom. The summed E-state index contributed by atoms with van der Waals surface area (Å²) in [6.45, 7) is 3.48. The molecule has 0 spiro atoms. The zero-order chi connectivity index (χ0) is 21.0. The third kappa shape index (κ3) is 5.02. The molecule has 1 aliphatic rings. The summed E-state index contributed by atoms with van der Waals surface area (Å²) in [5.41, 5.74) is 3.14. The predicted octanol–water partition coefficient (Wildman–Crippen LogP) is 3.51. The molecule has 3 amide bonds. The van der Waals surface area contributed by atoms with Crippen molar-refractivity contribution in [3.63, 3.8) is 0 Å². The maximum Gasteiger partial charge on any atom is 0.251 e. The Labute approximate surface area is 171 Å². The molecule has 2 unspecified atom stereocenters. The van der Waals surface area contributed by atoms with Crippen LogP contribution in [0.4, 0.5) is 11.4 Å². The van der Waals surface area contributed by atoms with Gasteiger partial charge in [-0.3, -0.25) is 14.4 Å². The molecule has 29 heavy (non-hydrogen) atoms. The highest BCUT2D eigenvalue weighted by atomic mass is 16.2. The van der Waals surface area contributed by atoms with Crippen molar-refractivity contribution in [2.45, 2.75) is 39.2 Å². The average molecular weight is 393 g/mol. The first kappa shape index (κ1) is 20.6. The molecule has 1 fully saturated rings. The Balaban J connectivity index is 1.61. The van der Waals surface area contributed by atoms with Crippen LogP contribution >= 0.6 is 0 Å². The summed E-state index contributed by atoms with van der Waals surface area (Å²) in [5, 5.41) is 5.96. The number of hydrogen-bond donors (Lipinski definition) is 2. The number of anilines is 2. The summed E-state index contributed by atoms with van der Waals surface area (Å²) in [5.74, 6) is -0.556. The third-order valence-corrected chi connectivity index (χ3v) is 5.48. The van der Waals surface area contributed by atoms with Crippen LogP contribution in [0.5, 0.6) is 0 Å². The summed E-state index contributed by atoms with van der Waals surface area (Å²) in [7, 11) is 1.70. The fraction of sp³-hybridized carbons (Fsp3) is 0.348. The van der Waals surface area contributed by atoms with Crippen LogP contribution in [0.15, 0.2) is 48.5 Å². The van der Waals surface area contributed by atoms with Gasteiger partial charge in [-0.05, 0) is 56.2 Å². The molecule has 6 nitrogen and oxygen atoms in total. The molecule has 0 saturated heterocycles. The standard InChI is InChI=1S/C23H27N3O3/c1-15-7-9-17(10-8-15)22(28)25-21-6-4-5-20(21)23(29)24-18-11-13-19(14-12-18)26(3)16(2)27/h7-14,20-21H,4-6H2,1-3H3,(H,24,29)(H,25,28). The molecule has 2 aromatic carbocycles. The van der Waals surface area contributed by atoms with E-state index in [2.05, 4.69) is 10.6 Å². The van der Waals surface area contributed by atoms with E-state index in [4.69, 9.17) is 0 Å². The lowest BCUT2D eigenvalue weighted by Crippen LogP contribution is -2.41. The van der Waals surface area contributed by atoms with Gasteiger partial charge in [0.25, 0.3) is 5.91 Å². The summed E-state index contributed by atoms with van der Waals surface area (Å²) in [6, 6.07) is 14.4. The molecule has 6 heteroatoms. The fourth-order valence-electron chi connectivity index (χ4n) is 3.59. The summed E-state index contributed by atoms with van der Waals surface area (Å²) < 4.78 is 0. The monoisotopic (exact) mass is 393 g/mol. The Morgan fingerprint density at radius 1 is 0.966 bits per heavy atom. The van der Waals surface area contributed by atoms with Crippen molar-refractivity contribution in [2.24, 2.45) is 5.92 Å². The molecular weight excluding hydrogens is 366 g/mol. The first-order valence-electron chi connectivity index (χ1n) is 9.88. The number of carbonyl (C=O) groups is 3. The molecule has 2 atom stereocenters. The molecular formula is C23H27N3O3. The number of hydrogen-bond acceptors (Lipinski definition) is 3. The Kier molecular flexibility index (Phi) is 6.32. The quantitative estimate of drug-likeness (QED) is 0.816. The van der Waals surface area contributed by atoms with E-state index in [1.54, 1.807) is 48.3 Å². The van der Waals surface area contributed by atoms with Gasteiger partial charge in [0.1, 0.15) is 0 Å². The molecule has 1 aliphatic carbocycles. The van der Waals surface area contributed by atoms with Crippen molar-refractivity contribution < 1.29 is 14.4 Å². The van der Waals surface area contributed by atoms with E-state index in [0.29, 0.717) is 11.3 Å². The zero-order valence-corrected chi connectivity index (χ0v) is 17.1. The van der Waals surface area contributed by atoms with E-state index >= 15 is 0 Å².